The standard InChI is InChI=1S/C19H16F6N6O/c1-10-12(9-31(28-10)19(23,24)25)17(32)27-13-3-2-6-30-15(13)8-14(29-30)11-4-5-26-16(7-11)18(20,21)22/h4-5,7-9,13H,2-3,6H2,1H3,(H,27,32). The fraction of sp³-hybridized carbons (Fsp3) is 0.368. The summed E-state index contributed by atoms with van der Waals surface area (Å²) in [7, 11) is 0. The zero-order chi connectivity index (χ0) is 23.3. The summed E-state index contributed by atoms with van der Waals surface area (Å²) in [6.45, 7) is 1.78. The molecule has 3 aromatic rings. The zero-order valence-corrected chi connectivity index (χ0v) is 16.5. The van der Waals surface area contributed by atoms with Gasteiger partial charge in [-0.2, -0.15) is 28.1 Å². The van der Waals surface area contributed by atoms with Crippen molar-refractivity contribution >= 4 is 5.91 Å². The fourth-order valence-corrected chi connectivity index (χ4v) is 3.56. The number of pyridine rings is 1. The number of hydrogen-bond donors (Lipinski definition) is 1. The molecule has 1 amide bonds. The molecule has 13 heteroatoms. The lowest BCUT2D eigenvalue weighted by Gasteiger charge is -2.24. The number of rotatable bonds is 3. The highest BCUT2D eigenvalue weighted by Gasteiger charge is 2.35. The molecule has 0 saturated heterocycles. The molecule has 0 aromatic carbocycles. The van der Waals surface area contributed by atoms with E-state index >= 15 is 0 Å². The van der Waals surface area contributed by atoms with Crippen LogP contribution in [0.1, 0.15) is 46.3 Å². The number of halogens is 6. The molecule has 1 aliphatic rings. The number of nitrogens with one attached hydrogen (secondary N) is 1. The third-order valence-electron chi connectivity index (χ3n) is 5.09. The predicted molar refractivity (Wildman–Crippen MR) is 98.2 cm³/mol. The molecule has 0 radical (unpaired) electrons. The van der Waals surface area contributed by atoms with Gasteiger partial charge in [0.15, 0.2) is 0 Å². The molecule has 7 nitrogen and oxygen atoms in total. The van der Waals surface area contributed by atoms with Gasteiger partial charge in [0, 0.05) is 24.5 Å². The number of aromatic nitrogens is 5. The summed E-state index contributed by atoms with van der Waals surface area (Å²) in [5.41, 5.74) is -0.324. The third kappa shape index (κ3) is 4.18. The van der Waals surface area contributed by atoms with Gasteiger partial charge in [-0.1, -0.05) is 0 Å². The average Bonchev–Trinajstić information content (AvgIpc) is 3.32. The van der Waals surface area contributed by atoms with Crippen molar-refractivity contribution in [2.45, 2.75) is 44.8 Å². The van der Waals surface area contributed by atoms with Crippen LogP contribution >= 0.6 is 0 Å². The van der Waals surface area contributed by atoms with Crippen molar-refractivity contribution < 1.29 is 31.1 Å². The van der Waals surface area contributed by atoms with E-state index in [-0.39, 0.29) is 27.2 Å². The van der Waals surface area contributed by atoms with Gasteiger partial charge in [0.05, 0.1) is 28.7 Å². The van der Waals surface area contributed by atoms with Crippen molar-refractivity contribution in [2.75, 3.05) is 0 Å². The van der Waals surface area contributed by atoms with E-state index in [2.05, 4.69) is 20.5 Å². The minimum atomic E-state index is -4.75. The lowest BCUT2D eigenvalue weighted by molar-refractivity contribution is -0.212. The Hall–Kier alpha value is -3.38. The van der Waals surface area contributed by atoms with Gasteiger partial charge in [-0.15, -0.1) is 13.2 Å². The van der Waals surface area contributed by atoms with Crippen LogP contribution < -0.4 is 5.32 Å². The van der Waals surface area contributed by atoms with E-state index in [1.54, 1.807) is 10.7 Å². The van der Waals surface area contributed by atoms with Crippen LogP contribution in [0.15, 0.2) is 30.6 Å². The summed E-state index contributed by atoms with van der Waals surface area (Å²) in [6, 6.07) is 3.27. The summed E-state index contributed by atoms with van der Waals surface area (Å²) in [5.74, 6) is -0.734. The Morgan fingerprint density at radius 1 is 1.16 bits per heavy atom. The molecule has 1 atom stereocenters. The predicted octanol–water partition coefficient (Wildman–Crippen LogP) is 4.21. The first-order valence-corrected chi connectivity index (χ1v) is 9.49. The van der Waals surface area contributed by atoms with E-state index < -0.39 is 30.1 Å². The molecule has 0 aliphatic carbocycles. The van der Waals surface area contributed by atoms with Crippen molar-refractivity contribution in [3.8, 4) is 11.3 Å². The molecular formula is C19H16F6N6O. The second kappa shape index (κ2) is 7.64. The number of hydrogen-bond acceptors (Lipinski definition) is 4. The Bertz CT molecular complexity index is 1160. The Morgan fingerprint density at radius 3 is 2.56 bits per heavy atom. The fourth-order valence-electron chi connectivity index (χ4n) is 3.56. The molecule has 4 rings (SSSR count). The largest absolute Gasteiger partial charge is 0.504 e. The van der Waals surface area contributed by atoms with Crippen LogP contribution in [-0.2, 0) is 19.0 Å². The first-order valence-electron chi connectivity index (χ1n) is 9.49. The maximum Gasteiger partial charge on any atom is 0.504 e. The van der Waals surface area contributed by atoms with Crippen LogP contribution in [-0.4, -0.2) is 30.5 Å². The smallest absolute Gasteiger partial charge is 0.344 e. The molecule has 32 heavy (non-hydrogen) atoms. The van der Waals surface area contributed by atoms with Gasteiger partial charge in [0.25, 0.3) is 5.91 Å². The minimum Gasteiger partial charge on any atom is -0.344 e. The molecule has 0 bridgehead atoms. The molecule has 0 fully saturated rings. The van der Waals surface area contributed by atoms with Crippen LogP contribution in [0.25, 0.3) is 11.3 Å². The number of fused-ring (bicyclic) bond motifs is 1. The Kier molecular flexibility index (Phi) is 5.21. The first kappa shape index (κ1) is 21.8. The van der Waals surface area contributed by atoms with Gasteiger partial charge >= 0.3 is 12.5 Å². The normalized spacial score (nSPS) is 16.7. The molecule has 1 N–H and O–H groups in total. The molecule has 170 valence electrons. The van der Waals surface area contributed by atoms with Gasteiger partial charge in [0.2, 0.25) is 0 Å². The molecule has 4 heterocycles. The summed E-state index contributed by atoms with van der Waals surface area (Å²) < 4.78 is 78.8. The summed E-state index contributed by atoms with van der Waals surface area (Å²) in [5, 5.41) is 10.3. The van der Waals surface area contributed by atoms with Gasteiger partial charge in [-0.25, -0.2) is 0 Å². The van der Waals surface area contributed by atoms with Crippen LogP contribution in [0, 0.1) is 6.92 Å². The van der Waals surface area contributed by atoms with Crippen LogP contribution in [0.2, 0.25) is 0 Å². The summed E-state index contributed by atoms with van der Waals surface area (Å²) >= 11 is 0. The molecule has 0 spiro atoms. The monoisotopic (exact) mass is 458 g/mol. The van der Waals surface area contributed by atoms with E-state index in [1.807, 2.05) is 0 Å². The first-order chi connectivity index (χ1) is 14.9. The van der Waals surface area contributed by atoms with E-state index in [1.165, 1.54) is 13.0 Å². The molecule has 3 aromatic heterocycles. The maximum atomic E-state index is 13.0. The SMILES string of the molecule is Cc1nn(C(F)(F)F)cc1C(=O)NC1CCCn2nc(-c3ccnc(C(F)(F)F)c3)cc21. The highest BCUT2D eigenvalue weighted by molar-refractivity contribution is 5.95. The second-order valence-corrected chi connectivity index (χ2v) is 7.31. The lowest BCUT2D eigenvalue weighted by atomic mass is 10.0. The number of carbonyl (C=O) groups is 1. The summed E-state index contributed by atoms with van der Waals surface area (Å²) in [6.07, 6.45) is -6.59. The lowest BCUT2D eigenvalue weighted by Crippen LogP contribution is -2.32. The number of amides is 1. The van der Waals surface area contributed by atoms with Gasteiger partial charge in [-0.05, 0) is 38.0 Å². The van der Waals surface area contributed by atoms with Crippen molar-refractivity contribution in [1.29, 1.82) is 0 Å². The highest BCUT2D eigenvalue weighted by atomic mass is 19.4. The van der Waals surface area contributed by atoms with Crippen molar-refractivity contribution in [3.05, 3.63) is 53.2 Å². The molecule has 1 unspecified atom stereocenters. The number of carbonyl (C=O) groups excluding carboxylic acids is 1. The Balaban J connectivity index is 1.60. The topological polar surface area (TPSA) is 77.6 Å². The zero-order valence-electron chi connectivity index (χ0n) is 16.5. The van der Waals surface area contributed by atoms with Crippen molar-refractivity contribution in [1.82, 2.24) is 29.9 Å². The van der Waals surface area contributed by atoms with E-state index in [9.17, 15) is 31.1 Å². The second-order valence-electron chi connectivity index (χ2n) is 7.31. The van der Waals surface area contributed by atoms with Crippen LogP contribution in [0.3, 0.4) is 0 Å². The Morgan fingerprint density at radius 2 is 1.91 bits per heavy atom. The molecule has 0 saturated carbocycles. The quantitative estimate of drug-likeness (QED) is 0.597. The Labute approximate surface area is 177 Å². The van der Waals surface area contributed by atoms with E-state index in [4.69, 9.17) is 0 Å². The highest BCUT2D eigenvalue weighted by Crippen LogP contribution is 2.33. The van der Waals surface area contributed by atoms with Gasteiger partial charge in [0.1, 0.15) is 5.69 Å². The third-order valence-corrected chi connectivity index (χ3v) is 5.09. The van der Waals surface area contributed by atoms with Crippen molar-refractivity contribution in [2.24, 2.45) is 0 Å². The molecular weight excluding hydrogens is 442 g/mol. The van der Waals surface area contributed by atoms with E-state index in [0.29, 0.717) is 31.3 Å². The van der Waals surface area contributed by atoms with Crippen LogP contribution in [0.4, 0.5) is 26.3 Å². The average molecular weight is 458 g/mol. The minimum absolute atomic E-state index is 0.0821. The van der Waals surface area contributed by atoms with Crippen LogP contribution in [0.5, 0.6) is 0 Å². The van der Waals surface area contributed by atoms with E-state index in [0.717, 1.165) is 12.3 Å². The number of aryl methyl sites for hydroxylation is 2. The maximum absolute atomic E-state index is 13.0. The number of nitrogens with zero attached hydrogens (tertiary/aromatic N) is 5. The summed E-state index contributed by atoms with van der Waals surface area (Å²) in [4.78, 5) is 15.9. The van der Waals surface area contributed by atoms with Gasteiger partial charge in [-0.3, -0.25) is 14.5 Å². The number of alkyl halides is 6. The van der Waals surface area contributed by atoms with Gasteiger partial charge < -0.3 is 5.32 Å². The van der Waals surface area contributed by atoms with Crippen molar-refractivity contribution in [3.63, 3.8) is 0 Å². The molecule has 1 aliphatic heterocycles.